The van der Waals surface area contributed by atoms with Gasteiger partial charge in [0.15, 0.2) is 17.7 Å². The van der Waals surface area contributed by atoms with Gasteiger partial charge in [0.05, 0.1) is 0 Å². The van der Waals surface area contributed by atoms with Crippen molar-refractivity contribution in [3.63, 3.8) is 0 Å². The molecule has 1 atom stereocenters. The van der Waals surface area contributed by atoms with Crippen LogP contribution in [0.5, 0.6) is 0 Å². The van der Waals surface area contributed by atoms with Crippen molar-refractivity contribution in [2.24, 2.45) is 0 Å². The van der Waals surface area contributed by atoms with Gasteiger partial charge in [-0.1, -0.05) is 6.07 Å². The van der Waals surface area contributed by atoms with Gasteiger partial charge >= 0.3 is 6.18 Å². The number of alkyl halides is 3. The second-order valence-corrected chi connectivity index (χ2v) is 3.01. The molecule has 0 unspecified atom stereocenters. The van der Waals surface area contributed by atoms with Crippen LogP contribution in [-0.4, -0.2) is 17.4 Å². The zero-order chi connectivity index (χ0) is 11.6. The first-order valence-electron chi connectivity index (χ1n) is 3.99. The molecule has 1 N–H and O–H groups in total. The molecule has 0 saturated heterocycles. The van der Waals surface area contributed by atoms with Crippen LogP contribution in [0.3, 0.4) is 0 Å². The Balaban J connectivity index is 2.78. The van der Waals surface area contributed by atoms with Crippen molar-refractivity contribution < 1.29 is 27.1 Å². The van der Waals surface area contributed by atoms with E-state index in [-0.39, 0.29) is 5.56 Å². The van der Waals surface area contributed by atoms with Crippen LogP contribution < -0.4 is 0 Å². The molecule has 84 valence electrons. The maximum atomic E-state index is 12.6. The molecule has 1 rings (SSSR count). The largest absolute Gasteiger partial charge is 0.414 e. The highest BCUT2D eigenvalue weighted by Crippen LogP contribution is 2.23. The molecule has 1 aromatic carbocycles. The summed E-state index contributed by atoms with van der Waals surface area (Å²) >= 11 is 0. The summed E-state index contributed by atoms with van der Waals surface area (Å²) in [6.07, 6.45) is -8.12. The minimum absolute atomic E-state index is 0.112. The van der Waals surface area contributed by atoms with Crippen LogP contribution in [-0.2, 0) is 6.42 Å². The second-order valence-electron chi connectivity index (χ2n) is 3.01. The van der Waals surface area contributed by atoms with E-state index in [9.17, 15) is 22.0 Å². The van der Waals surface area contributed by atoms with Crippen LogP contribution in [0.4, 0.5) is 22.0 Å². The third kappa shape index (κ3) is 3.16. The van der Waals surface area contributed by atoms with Gasteiger partial charge in [0.2, 0.25) is 0 Å². The van der Waals surface area contributed by atoms with Crippen molar-refractivity contribution in [3.8, 4) is 0 Å². The van der Waals surface area contributed by atoms with E-state index in [4.69, 9.17) is 5.11 Å². The van der Waals surface area contributed by atoms with Gasteiger partial charge in [0, 0.05) is 6.42 Å². The van der Waals surface area contributed by atoms with Crippen molar-refractivity contribution >= 4 is 0 Å². The van der Waals surface area contributed by atoms with E-state index >= 15 is 0 Å². The summed E-state index contributed by atoms with van der Waals surface area (Å²) in [5.74, 6) is -2.37. The van der Waals surface area contributed by atoms with Crippen LogP contribution in [0.15, 0.2) is 18.2 Å². The van der Waals surface area contributed by atoms with E-state index in [0.29, 0.717) is 12.1 Å². The van der Waals surface area contributed by atoms with Gasteiger partial charge < -0.3 is 5.11 Å². The van der Waals surface area contributed by atoms with Gasteiger partial charge in [-0.25, -0.2) is 8.78 Å². The molecular weight excluding hydrogens is 219 g/mol. The van der Waals surface area contributed by atoms with E-state index in [1.54, 1.807) is 0 Å². The van der Waals surface area contributed by atoms with E-state index in [2.05, 4.69) is 0 Å². The summed E-state index contributed by atoms with van der Waals surface area (Å²) in [6, 6.07) is 2.34. The van der Waals surface area contributed by atoms with Gasteiger partial charge in [0.25, 0.3) is 0 Å². The molecule has 0 aromatic heterocycles. The Hall–Kier alpha value is -1.17. The highest BCUT2D eigenvalue weighted by Gasteiger charge is 2.38. The van der Waals surface area contributed by atoms with Crippen LogP contribution in [0.1, 0.15) is 5.56 Å². The average molecular weight is 226 g/mol. The van der Waals surface area contributed by atoms with Crippen LogP contribution in [0.2, 0.25) is 0 Å². The fourth-order valence-corrected chi connectivity index (χ4v) is 1.01. The van der Waals surface area contributed by atoms with Crippen molar-refractivity contribution in [2.75, 3.05) is 0 Å². The molecule has 0 radical (unpaired) electrons. The van der Waals surface area contributed by atoms with E-state index < -0.39 is 30.3 Å². The Labute approximate surface area is 82.1 Å². The summed E-state index contributed by atoms with van der Waals surface area (Å²) in [5, 5.41) is 8.66. The lowest BCUT2D eigenvalue weighted by Crippen LogP contribution is -2.30. The smallest absolute Gasteiger partial charge is 0.383 e. The Morgan fingerprint density at radius 3 is 2.20 bits per heavy atom. The fourth-order valence-electron chi connectivity index (χ4n) is 1.01. The van der Waals surface area contributed by atoms with E-state index in [1.807, 2.05) is 0 Å². The zero-order valence-electron chi connectivity index (χ0n) is 7.35. The number of hydrogen-bond donors (Lipinski definition) is 1. The van der Waals surface area contributed by atoms with Gasteiger partial charge in [-0.05, 0) is 17.7 Å². The minimum atomic E-state index is -4.76. The number of halogens is 5. The molecule has 0 spiro atoms. The zero-order valence-corrected chi connectivity index (χ0v) is 7.35. The van der Waals surface area contributed by atoms with Crippen molar-refractivity contribution in [2.45, 2.75) is 18.7 Å². The molecule has 1 nitrogen and oxygen atoms in total. The summed E-state index contributed by atoms with van der Waals surface area (Å²) in [5.41, 5.74) is -0.112. The lowest BCUT2D eigenvalue weighted by atomic mass is 10.1. The highest BCUT2D eigenvalue weighted by atomic mass is 19.4. The van der Waals surface area contributed by atoms with Crippen molar-refractivity contribution in [3.05, 3.63) is 35.4 Å². The third-order valence-electron chi connectivity index (χ3n) is 1.79. The van der Waals surface area contributed by atoms with Crippen LogP contribution >= 0.6 is 0 Å². The summed E-state index contributed by atoms with van der Waals surface area (Å²) in [7, 11) is 0. The Morgan fingerprint density at radius 1 is 1.13 bits per heavy atom. The standard InChI is InChI=1S/C9H7F5O/c10-6-2-1-5(3-7(6)11)4-8(15)9(12,13)14/h1-3,8,15H,4H2/t8-/m0/s1. The van der Waals surface area contributed by atoms with E-state index in [0.717, 1.165) is 6.07 Å². The normalized spacial score (nSPS) is 14.0. The van der Waals surface area contributed by atoms with Gasteiger partial charge in [-0.15, -0.1) is 0 Å². The second kappa shape index (κ2) is 4.14. The average Bonchev–Trinajstić information content (AvgIpc) is 2.10. The molecule has 0 amide bonds. The maximum Gasteiger partial charge on any atom is 0.414 e. The number of aliphatic hydroxyl groups is 1. The lowest BCUT2D eigenvalue weighted by Gasteiger charge is -2.14. The van der Waals surface area contributed by atoms with E-state index in [1.165, 1.54) is 0 Å². The molecule has 0 aliphatic heterocycles. The topological polar surface area (TPSA) is 20.2 Å². The lowest BCUT2D eigenvalue weighted by molar-refractivity contribution is -0.203. The Bertz CT molecular complexity index is 347. The molecule has 0 aliphatic rings. The first-order chi connectivity index (χ1) is 6.80. The number of hydrogen-bond acceptors (Lipinski definition) is 1. The Morgan fingerprint density at radius 2 is 1.73 bits per heavy atom. The SMILES string of the molecule is O[C@@H](Cc1ccc(F)c(F)c1)C(F)(F)F. The third-order valence-corrected chi connectivity index (χ3v) is 1.79. The molecule has 1 aromatic rings. The molecule has 0 heterocycles. The van der Waals surface area contributed by atoms with Gasteiger partial charge in [0.1, 0.15) is 0 Å². The summed E-state index contributed by atoms with van der Waals surface area (Å²) in [6.45, 7) is 0. The number of aliphatic hydroxyl groups excluding tert-OH is 1. The summed E-state index contributed by atoms with van der Waals surface area (Å²) < 4.78 is 60.7. The van der Waals surface area contributed by atoms with Crippen LogP contribution in [0, 0.1) is 11.6 Å². The fraction of sp³-hybridized carbons (Fsp3) is 0.333. The summed E-state index contributed by atoms with van der Waals surface area (Å²) in [4.78, 5) is 0. The van der Waals surface area contributed by atoms with Crippen molar-refractivity contribution in [1.29, 1.82) is 0 Å². The van der Waals surface area contributed by atoms with Gasteiger partial charge in [-0.3, -0.25) is 0 Å². The molecule has 0 fully saturated rings. The number of rotatable bonds is 2. The molecule has 0 saturated carbocycles. The Kier molecular flexibility index (Phi) is 3.28. The number of benzene rings is 1. The van der Waals surface area contributed by atoms with Crippen molar-refractivity contribution in [1.82, 2.24) is 0 Å². The minimum Gasteiger partial charge on any atom is -0.383 e. The monoisotopic (exact) mass is 226 g/mol. The predicted molar refractivity (Wildman–Crippen MR) is 42.1 cm³/mol. The highest BCUT2D eigenvalue weighted by molar-refractivity contribution is 5.18. The maximum absolute atomic E-state index is 12.6. The first-order valence-corrected chi connectivity index (χ1v) is 3.99. The first kappa shape index (κ1) is 11.9. The quantitative estimate of drug-likeness (QED) is 0.768. The van der Waals surface area contributed by atoms with Crippen LogP contribution in [0.25, 0.3) is 0 Å². The molecule has 0 aliphatic carbocycles. The van der Waals surface area contributed by atoms with Gasteiger partial charge in [-0.2, -0.15) is 13.2 Å². The molecule has 0 bridgehead atoms. The predicted octanol–water partition coefficient (Wildman–Crippen LogP) is 2.43. The molecular formula is C9H7F5O. The molecule has 6 heteroatoms. The molecule has 15 heavy (non-hydrogen) atoms.